The Morgan fingerprint density at radius 3 is 2.60 bits per heavy atom. The lowest BCUT2D eigenvalue weighted by atomic mass is 9.87. The Labute approximate surface area is 104 Å². The maximum atomic E-state index is 4.47. The second kappa shape index (κ2) is 4.83. The number of anilines is 1. The lowest BCUT2D eigenvalue weighted by Gasteiger charge is -2.33. The van der Waals surface area contributed by atoms with Crippen molar-refractivity contribution in [3.8, 4) is 0 Å². The van der Waals surface area contributed by atoms with Crippen LogP contribution in [0, 0.1) is 5.92 Å². The van der Waals surface area contributed by atoms with Gasteiger partial charge in [-0.25, -0.2) is 4.98 Å². The normalized spacial score (nSPS) is 26.6. The molecule has 4 heteroatoms. The summed E-state index contributed by atoms with van der Waals surface area (Å²) in [6, 6.07) is 0.694. The Bertz CT molecular complexity index is 318. The van der Waals surface area contributed by atoms with Crippen LogP contribution in [0.5, 0.6) is 0 Å². The molecular formula is C11H17BrN2S. The van der Waals surface area contributed by atoms with Crippen molar-refractivity contribution in [2.75, 3.05) is 11.9 Å². The number of aromatic nitrogens is 1. The third kappa shape index (κ3) is 2.72. The minimum absolute atomic E-state index is 0.694. The van der Waals surface area contributed by atoms with Gasteiger partial charge in [0.2, 0.25) is 0 Å². The van der Waals surface area contributed by atoms with E-state index in [-0.39, 0.29) is 0 Å². The first-order chi connectivity index (χ1) is 7.16. The van der Waals surface area contributed by atoms with Crippen molar-refractivity contribution in [2.24, 2.45) is 5.92 Å². The van der Waals surface area contributed by atoms with Crippen molar-refractivity contribution < 1.29 is 0 Å². The summed E-state index contributed by atoms with van der Waals surface area (Å²) in [5.41, 5.74) is 0. The van der Waals surface area contributed by atoms with Crippen LogP contribution < -0.4 is 4.90 Å². The predicted octanol–water partition coefficient (Wildman–Crippen LogP) is 3.92. The summed E-state index contributed by atoms with van der Waals surface area (Å²) < 4.78 is 0.957. The molecule has 0 radical (unpaired) electrons. The lowest BCUT2D eigenvalue weighted by molar-refractivity contribution is 0.340. The van der Waals surface area contributed by atoms with E-state index in [0.717, 1.165) is 15.7 Å². The number of hydrogen-bond donors (Lipinski definition) is 0. The van der Waals surface area contributed by atoms with Crippen LogP contribution in [-0.4, -0.2) is 18.1 Å². The summed E-state index contributed by atoms with van der Waals surface area (Å²) in [5, 5.41) is 3.19. The van der Waals surface area contributed by atoms with E-state index in [0.29, 0.717) is 6.04 Å². The van der Waals surface area contributed by atoms with Gasteiger partial charge in [-0.1, -0.05) is 6.92 Å². The molecule has 1 aromatic rings. The third-order valence-electron chi connectivity index (χ3n) is 3.30. The molecule has 2 rings (SSSR count). The highest BCUT2D eigenvalue weighted by molar-refractivity contribution is 9.10. The van der Waals surface area contributed by atoms with Gasteiger partial charge >= 0.3 is 0 Å². The Hall–Kier alpha value is -0.0900. The number of thiazole rings is 1. The van der Waals surface area contributed by atoms with Gasteiger partial charge in [0.25, 0.3) is 0 Å². The van der Waals surface area contributed by atoms with E-state index < -0.39 is 0 Å². The molecule has 0 unspecified atom stereocenters. The minimum Gasteiger partial charge on any atom is -0.348 e. The Kier molecular flexibility index (Phi) is 3.67. The zero-order valence-electron chi connectivity index (χ0n) is 9.24. The van der Waals surface area contributed by atoms with Crippen LogP contribution in [0.1, 0.15) is 32.6 Å². The van der Waals surface area contributed by atoms with Gasteiger partial charge in [-0.3, -0.25) is 0 Å². The van der Waals surface area contributed by atoms with Gasteiger partial charge in [-0.05, 0) is 47.5 Å². The van der Waals surface area contributed by atoms with Gasteiger partial charge in [0.1, 0.15) is 4.60 Å². The highest BCUT2D eigenvalue weighted by Gasteiger charge is 2.23. The molecule has 0 atom stereocenters. The molecule has 0 bridgehead atoms. The van der Waals surface area contributed by atoms with Crippen molar-refractivity contribution in [3.63, 3.8) is 0 Å². The SMILES string of the molecule is CC1CCC(N(C)c2nc(Br)cs2)CC1. The number of halogens is 1. The fourth-order valence-corrected chi connectivity index (χ4v) is 3.48. The molecule has 1 fully saturated rings. The van der Waals surface area contributed by atoms with E-state index in [9.17, 15) is 0 Å². The van der Waals surface area contributed by atoms with Crippen LogP contribution in [-0.2, 0) is 0 Å². The van der Waals surface area contributed by atoms with Gasteiger partial charge in [0, 0.05) is 18.5 Å². The fourth-order valence-electron chi connectivity index (χ4n) is 2.19. The van der Waals surface area contributed by atoms with Crippen LogP contribution in [0.15, 0.2) is 9.98 Å². The highest BCUT2D eigenvalue weighted by atomic mass is 79.9. The molecule has 1 aliphatic carbocycles. The van der Waals surface area contributed by atoms with Crippen LogP contribution in [0.3, 0.4) is 0 Å². The first kappa shape index (κ1) is 11.4. The summed E-state index contributed by atoms with van der Waals surface area (Å²) in [4.78, 5) is 6.81. The molecule has 0 spiro atoms. The molecule has 1 saturated carbocycles. The van der Waals surface area contributed by atoms with Crippen molar-refractivity contribution in [3.05, 3.63) is 9.98 Å². The van der Waals surface area contributed by atoms with Crippen molar-refractivity contribution in [2.45, 2.75) is 38.6 Å². The van der Waals surface area contributed by atoms with Gasteiger partial charge < -0.3 is 4.90 Å². The van der Waals surface area contributed by atoms with E-state index in [1.54, 1.807) is 11.3 Å². The summed E-state index contributed by atoms with van der Waals surface area (Å²) in [6.45, 7) is 2.36. The summed E-state index contributed by atoms with van der Waals surface area (Å²) >= 11 is 5.13. The molecule has 0 aromatic carbocycles. The molecule has 1 aliphatic rings. The average Bonchev–Trinajstić information content (AvgIpc) is 2.65. The number of nitrogens with zero attached hydrogens (tertiary/aromatic N) is 2. The zero-order chi connectivity index (χ0) is 10.8. The van der Waals surface area contributed by atoms with Gasteiger partial charge in [-0.15, -0.1) is 11.3 Å². The van der Waals surface area contributed by atoms with Crippen molar-refractivity contribution in [1.82, 2.24) is 4.98 Å². The summed E-state index contributed by atoms with van der Waals surface area (Å²) in [7, 11) is 2.17. The van der Waals surface area contributed by atoms with Gasteiger partial charge in [-0.2, -0.15) is 0 Å². The van der Waals surface area contributed by atoms with E-state index in [2.05, 4.69) is 45.2 Å². The topological polar surface area (TPSA) is 16.1 Å². The second-order valence-corrected chi connectivity index (χ2v) is 6.13. The first-order valence-electron chi connectivity index (χ1n) is 5.50. The van der Waals surface area contributed by atoms with E-state index in [1.807, 2.05) is 0 Å². The van der Waals surface area contributed by atoms with Crippen molar-refractivity contribution >= 4 is 32.4 Å². The molecule has 84 valence electrons. The smallest absolute Gasteiger partial charge is 0.186 e. The largest absolute Gasteiger partial charge is 0.348 e. The molecule has 2 nitrogen and oxygen atoms in total. The van der Waals surface area contributed by atoms with Crippen LogP contribution in [0.2, 0.25) is 0 Å². The molecule has 15 heavy (non-hydrogen) atoms. The molecular weight excluding hydrogens is 272 g/mol. The molecule has 0 amide bonds. The van der Waals surface area contributed by atoms with E-state index >= 15 is 0 Å². The second-order valence-electron chi connectivity index (χ2n) is 4.48. The first-order valence-corrected chi connectivity index (χ1v) is 7.18. The monoisotopic (exact) mass is 288 g/mol. The minimum atomic E-state index is 0.694. The third-order valence-corrected chi connectivity index (χ3v) is 4.94. The van der Waals surface area contributed by atoms with E-state index in [4.69, 9.17) is 0 Å². The molecule has 0 aliphatic heterocycles. The van der Waals surface area contributed by atoms with Crippen molar-refractivity contribution in [1.29, 1.82) is 0 Å². The van der Waals surface area contributed by atoms with E-state index in [1.165, 1.54) is 25.7 Å². The lowest BCUT2D eigenvalue weighted by Crippen LogP contribution is -2.34. The summed E-state index contributed by atoms with van der Waals surface area (Å²) in [5.74, 6) is 0.915. The molecule has 1 heterocycles. The van der Waals surface area contributed by atoms with Gasteiger partial charge in [0.15, 0.2) is 5.13 Å². The quantitative estimate of drug-likeness (QED) is 0.820. The van der Waals surface area contributed by atoms with Crippen LogP contribution >= 0.6 is 27.3 Å². The maximum absolute atomic E-state index is 4.47. The number of rotatable bonds is 2. The Morgan fingerprint density at radius 1 is 1.40 bits per heavy atom. The fraction of sp³-hybridized carbons (Fsp3) is 0.727. The zero-order valence-corrected chi connectivity index (χ0v) is 11.6. The molecule has 0 saturated heterocycles. The Morgan fingerprint density at radius 2 is 2.07 bits per heavy atom. The Balaban J connectivity index is 1.99. The molecule has 1 aromatic heterocycles. The standard InChI is InChI=1S/C11H17BrN2S/c1-8-3-5-9(6-4-8)14(2)11-13-10(12)7-15-11/h7-9H,3-6H2,1-2H3. The maximum Gasteiger partial charge on any atom is 0.186 e. The highest BCUT2D eigenvalue weighted by Crippen LogP contribution is 2.31. The average molecular weight is 289 g/mol. The van der Waals surface area contributed by atoms with Crippen LogP contribution in [0.25, 0.3) is 0 Å². The number of hydrogen-bond acceptors (Lipinski definition) is 3. The molecule has 0 N–H and O–H groups in total. The van der Waals surface area contributed by atoms with Crippen LogP contribution in [0.4, 0.5) is 5.13 Å². The predicted molar refractivity (Wildman–Crippen MR) is 69.6 cm³/mol. The summed E-state index contributed by atoms with van der Waals surface area (Å²) in [6.07, 6.45) is 5.35. The van der Waals surface area contributed by atoms with Gasteiger partial charge in [0.05, 0.1) is 0 Å².